The molecule has 0 radical (unpaired) electrons. The summed E-state index contributed by atoms with van der Waals surface area (Å²) in [5.74, 6) is -0.487. The highest BCUT2D eigenvalue weighted by atomic mass is 35.5. The zero-order valence-corrected chi connectivity index (χ0v) is 16.6. The lowest BCUT2D eigenvalue weighted by atomic mass is 9.74. The van der Waals surface area contributed by atoms with E-state index in [1.54, 1.807) is 12.3 Å². The van der Waals surface area contributed by atoms with Gasteiger partial charge in [0.25, 0.3) is 0 Å². The molecule has 2 atom stereocenters. The second-order valence-electron chi connectivity index (χ2n) is 6.18. The summed E-state index contributed by atoms with van der Waals surface area (Å²) < 4.78 is 33.5. The lowest BCUT2D eigenvalue weighted by Crippen LogP contribution is -2.59. The summed E-state index contributed by atoms with van der Waals surface area (Å²) in [6.07, 6.45) is 3.67. The Bertz CT molecular complexity index is 690. The van der Waals surface area contributed by atoms with E-state index in [9.17, 15) is 13.2 Å². The van der Waals surface area contributed by atoms with E-state index in [1.807, 2.05) is 6.92 Å². The van der Waals surface area contributed by atoms with E-state index in [2.05, 4.69) is 4.72 Å². The molecule has 0 amide bonds. The number of halogens is 1. The summed E-state index contributed by atoms with van der Waals surface area (Å²) in [7, 11) is -2.62. The Balaban J connectivity index is 0.00000288. The third kappa shape index (κ3) is 3.94. The van der Waals surface area contributed by atoms with Gasteiger partial charge in [0, 0.05) is 12.1 Å². The van der Waals surface area contributed by atoms with Gasteiger partial charge in [0.2, 0.25) is 10.0 Å². The molecule has 6 nitrogen and oxygen atoms in total. The fraction of sp³-hybridized carbons (Fsp3) is 0.667. The molecule has 138 valence electrons. The Morgan fingerprint density at radius 2 is 2.17 bits per heavy atom. The number of carbonyl (C=O) groups excluding carboxylic acids is 1. The zero-order chi connectivity index (χ0) is 17.3. The highest BCUT2D eigenvalue weighted by Crippen LogP contribution is 2.36. The van der Waals surface area contributed by atoms with Crippen LogP contribution in [0.5, 0.6) is 0 Å². The SMILES string of the molecule is COC(=O)c1scc(C)c1S(=O)(=O)NC1(CN)CCCCC1C.Cl. The molecule has 24 heavy (non-hydrogen) atoms. The minimum Gasteiger partial charge on any atom is -0.465 e. The van der Waals surface area contributed by atoms with E-state index in [-0.39, 0.29) is 34.6 Å². The number of rotatable bonds is 5. The van der Waals surface area contributed by atoms with Crippen LogP contribution in [-0.4, -0.2) is 33.6 Å². The zero-order valence-electron chi connectivity index (χ0n) is 14.1. The summed E-state index contributed by atoms with van der Waals surface area (Å²) in [5, 5.41) is 1.65. The number of hydrogen-bond donors (Lipinski definition) is 2. The first-order valence-electron chi connectivity index (χ1n) is 7.68. The Labute approximate surface area is 153 Å². The van der Waals surface area contributed by atoms with E-state index in [4.69, 9.17) is 10.5 Å². The van der Waals surface area contributed by atoms with Crippen molar-refractivity contribution >= 4 is 39.7 Å². The number of methoxy groups -OCH3 is 1. The second kappa shape index (κ2) is 8.14. The molecule has 2 rings (SSSR count). The van der Waals surface area contributed by atoms with Crippen LogP contribution in [0.4, 0.5) is 0 Å². The summed E-state index contributed by atoms with van der Waals surface area (Å²) in [5.41, 5.74) is 5.82. The molecule has 1 aromatic rings. The first kappa shape index (κ1) is 21.4. The molecule has 0 saturated heterocycles. The summed E-state index contributed by atoms with van der Waals surface area (Å²) in [6.45, 7) is 3.94. The van der Waals surface area contributed by atoms with Gasteiger partial charge >= 0.3 is 5.97 Å². The number of aryl methyl sites for hydroxylation is 1. The lowest BCUT2D eigenvalue weighted by molar-refractivity contribution is 0.0602. The molecule has 3 N–H and O–H groups in total. The average molecular weight is 397 g/mol. The van der Waals surface area contributed by atoms with Crippen molar-refractivity contribution in [3.05, 3.63) is 15.8 Å². The summed E-state index contributed by atoms with van der Waals surface area (Å²) in [6, 6.07) is 0. The number of nitrogens with two attached hydrogens (primary N) is 1. The second-order valence-corrected chi connectivity index (χ2v) is 8.68. The summed E-state index contributed by atoms with van der Waals surface area (Å²) in [4.78, 5) is 12.0. The predicted molar refractivity (Wildman–Crippen MR) is 97.4 cm³/mol. The Kier molecular flexibility index (Phi) is 7.25. The number of thiophene rings is 1. The average Bonchev–Trinajstić information content (AvgIpc) is 2.91. The lowest BCUT2D eigenvalue weighted by Gasteiger charge is -2.42. The van der Waals surface area contributed by atoms with Crippen molar-refractivity contribution in [3.8, 4) is 0 Å². The number of hydrogen-bond acceptors (Lipinski definition) is 6. The van der Waals surface area contributed by atoms with E-state index >= 15 is 0 Å². The number of nitrogens with one attached hydrogen (secondary N) is 1. The molecule has 9 heteroatoms. The van der Waals surface area contributed by atoms with E-state index in [0.717, 1.165) is 30.6 Å². The van der Waals surface area contributed by atoms with Gasteiger partial charge < -0.3 is 10.5 Å². The van der Waals surface area contributed by atoms with Crippen LogP contribution in [0.1, 0.15) is 47.8 Å². The fourth-order valence-corrected chi connectivity index (χ4v) is 6.47. The molecule has 1 fully saturated rings. The van der Waals surface area contributed by atoms with E-state index in [1.165, 1.54) is 7.11 Å². The molecule has 1 aliphatic carbocycles. The van der Waals surface area contributed by atoms with Gasteiger partial charge in [-0.05, 0) is 36.6 Å². The maximum Gasteiger partial charge on any atom is 0.349 e. The maximum atomic E-state index is 13.0. The Morgan fingerprint density at radius 1 is 1.50 bits per heavy atom. The largest absolute Gasteiger partial charge is 0.465 e. The van der Waals surface area contributed by atoms with Gasteiger partial charge in [0.1, 0.15) is 9.77 Å². The molecule has 1 saturated carbocycles. The van der Waals surface area contributed by atoms with Crippen molar-refractivity contribution in [1.29, 1.82) is 0 Å². The van der Waals surface area contributed by atoms with E-state index < -0.39 is 21.5 Å². The minimum atomic E-state index is -3.86. The molecule has 1 aliphatic rings. The van der Waals surface area contributed by atoms with Crippen LogP contribution in [0.15, 0.2) is 10.3 Å². The quantitative estimate of drug-likeness (QED) is 0.745. The molecule has 1 aromatic heterocycles. The normalized spacial score (nSPS) is 24.2. The molecule has 2 unspecified atom stereocenters. The third-order valence-corrected chi connectivity index (χ3v) is 7.66. The van der Waals surface area contributed by atoms with Crippen molar-refractivity contribution in [3.63, 3.8) is 0 Å². The highest BCUT2D eigenvalue weighted by Gasteiger charge is 2.42. The van der Waals surface area contributed by atoms with Crippen LogP contribution >= 0.6 is 23.7 Å². The molecule has 1 heterocycles. The Morgan fingerprint density at radius 3 is 2.71 bits per heavy atom. The van der Waals surface area contributed by atoms with Crippen molar-refractivity contribution in [1.82, 2.24) is 4.72 Å². The highest BCUT2D eigenvalue weighted by molar-refractivity contribution is 7.89. The maximum absolute atomic E-state index is 13.0. The van der Waals surface area contributed by atoms with Gasteiger partial charge in [-0.3, -0.25) is 0 Å². The fourth-order valence-electron chi connectivity index (χ4n) is 3.23. The smallest absolute Gasteiger partial charge is 0.349 e. The molecule has 0 bridgehead atoms. The van der Waals surface area contributed by atoms with Crippen LogP contribution in [0.25, 0.3) is 0 Å². The van der Waals surface area contributed by atoms with Gasteiger partial charge in [-0.1, -0.05) is 19.8 Å². The van der Waals surface area contributed by atoms with E-state index in [0.29, 0.717) is 12.0 Å². The first-order chi connectivity index (χ1) is 10.8. The molecular weight excluding hydrogens is 372 g/mol. The van der Waals surface area contributed by atoms with Gasteiger partial charge in [-0.2, -0.15) is 0 Å². The molecular formula is C15H25ClN2O4S2. The molecule has 0 spiro atoms. The third-order valence-electron chi connectivity index (χ3n) is 4.71. The number of carbonyl (C=O) groups is 1. The van der Waals surface area contributed by atoms with Gasteiger partial charge in [0.05, 0.1) is 7.11 Å². The van der Waals surface area contributed by atoms with Gasteiger partial charge in [-0.15, -0.1) is 23.7 Å². The molecule has 0 aromatic carbocycles. The topological polar surface area (TPSA) is 98.5 Å². The standard InChI is InChI=1S/C15H24N2O4S2.ClH/c1-10-8-22-12(14(18)21-3)13(10)23(19,20)17-15(9-16)7-5-4-6-11(15)2;/h8,11,17H,4-7,9,16H2,1-3H3;1H. The monoisotopic (exact) mass is 396 g/mol. The van der Waals surface area contributed by atoms with Gasteiger partial charge in [-0.25, -0.2) is 17.9 Å². The van der Waals surface area contributed by atoms with Crippen molar-refractivity contribution in [2.45, 2.75) is 50.0 Å². The van der Waals surface area contributed by atoms with Crippen LogP contribution < -0.4 is 10.5 Å². The number of esters is 1. The number of ether oxygens (including phenoxy) is 1. The van der Waals surface area contributed by atoms with Crippen LogP contribution in [-0.2, 0) is 14.8 Å². The first-order valence-corrected chi connectivity index (χ1v) is 10.0. The molecule has 0 aliphatic heterocycles. The predicted octanol–water partition coefficient (Wildman–Crippen LogP) is 2.45. The van der Waals surface area contributed by atoms with Crippen molar-refractivity contribution in [2.75, 3.05) is 13.7 Å². The Hall–Kier alpha value is -0.670. The van der Waals surface area contributed by atoms with Crippen LogP contribution in [0, 0.1) is 12.8 Å². The van der Waals surface area contributed by atoms with Gasteiger partial charge in [0.15, 0.2) is 0 Å². The van der Waals surface area contributed by atoms with Crippen molar-refractivity contribution in [2.24, 2.45) is 11.7 Å². The van der Waals surface area contributed by atoms with Crippen molar-refractivity contribution < 1.29 is 17.9 Å². The summed E-state index contributed by atoms with van der Waals surface area (Å²) >= 11 is 1.08. The number of sulfonamides is 1. The minimum absolute atomic E-state index is 0. The van der Waals surface area contributed by atoms with Crippen LogP contribution in [0.2, 0.25) is 0 Å². The van der Waals surface area contributed by atoms with Crippen LogP contribution in [0.3, 0.4) is 0 Å².